The molecule has 1 atom stereocenters. The lowest BCUT2D eigenvalue weighted by Gasteiger charge is -2.27. The number of anilines is 1. The highest BCUT2D eigenvalue weighted by Gasteiger charge is 2.30. The first kappa shape index (κ1) is 25.8. The van der Waals surface area contributed by atoms with E-state index in [4.69, 9.17) is 4.74 Å². The van der Waals surface area contributed by atoms with Gasteiger partial charge >= 0.3 is 0 Å². The molecule has 0 saturated carbocycles. The Balaban J connectivity index is 1.63. The van der Waals surface area contributed by atoms with Gasteiger partial charge in [0.15, 0.2) is 0 Å². The number of nitrogens with one attached hydrogen (secondary N) is 1. The molecule has 0 aliphatic heterocycles. The number of para-hydroxylation sites is 2. The molecule has 0 saturated heterocycles. The van der Waals surface area contributed by atoms with Gasteiger partial charge < -0.3 is 10.1 Å². The Hall–Kier alpha value is -3.32. The third kappa shape index (κ3) is 5.73. The fourth-order valence-corrected chi connectivity index (χ4v) is 6.17. The lowest BCUT2D eigenvalue weighted by molar-refractivity contribution is -0.120. The maximum atomic E-state index is 13.7. The largest absolute Gasteiger partial charge is 0.492 e. The summed E-state index contributed by atoms with van der Waals surface area (Å²) in [6.45, 7) is 3.87. The lowest BCUT2D eigenvalue weighted by atomic mass is 9.89. The second-order valence-electron chi connectivity index (χ2n) is 8.99. The molecule has 1 aliphatic carbocycles. The fraction of sp³-hybridized carbons (Fsp3) is 0.345. The number of rotatable bonds is 10. The number of hydrogen-bond acceptors (Lipinski definition) is 4. The standard InChI is InChI=1S/C29H34N2O4S/c1-3-26(24-19-18-22-12-8-9-13-23(22)20-24)30-29(32)21-31(27-16-10-11-17-28(27)35-4-2)36(33,34)25-14-6-5-7-15-25/h5-7,10-11,14-20,26H,3-4,8-9,12-13,21H2,1-2H3,(H,30,32). The van der Waals surface area contributed by atoms with Gasteiger partial charge in [0.1, 0.15) is 12.3 Å². The zero-order valence-electron chi connectivity index (χ0n) is 20.9. The maximum absolute atomic E-state index is 13.7. The van der Waals surface area contributed by atoms with Gasteiger partial charge in [0.2, 0.25) is 5.91 Å². The third-order valence-corrected chi connectivity index (χ3v) is 8.34. The number of carbonyl (C=O) groups is 1. The van der Waals surface area contributed by atoms with Crippen molar-refractivity contribution >= 4 is 21.6 Å². The van der Waals surface area contributed by atoms with Crippen LogP contribution in [0.25, 0.3) is 0 Å². The smallest absolute Gasteiger partial charge is 0.264 e. The number of amides is 1. The molecule has 36 heavy (non-hydrogen) atoms. The highest BCUT2D eigenvalue weighted by molar-refractivity contribution is 7.92. The van der Waals surface area contributed by atoms with Gasteiger partial charge in [0.25, 0.3) is 10.0 Å². The van der Waals surface area contributed by atoms with Crippen molar-refractivity contribution in [2.45, 2.75) is 56.9 Å². The van der Waals surface area contributed by atoms with Crippen LogP contribution in [-0.2, 0) is 27.7 Å². The van der Waals surface area contributed by atoms with Crippen LogP contribution in [0.5, 0.6) is 5.75 Å². The fourth-order valence-electron chi connectivity index (χ4n) is 4.72. The molecule has 0 bridgehead atoms. The predicted molar refractivity (Wildman–Crippen MR) is 143 cm³/mol. The summed E-state index contributed by atoms with van der Waals surface area (Å²) in [4.78, 5) is 13.5. The van der Waals surface area contributed by atoms with Gasteiger partial charge in [-0.15, -0.1) is 0 Å². The zero-order chi connectivity index (χ0) is 25.5. The van der Waals surface area contributed by atoms with E-state index in [1.54, 1.807) is 42.5 Å². The van der Waals surface area contributed by atoms with Gasteiger partial charge in [-0.05, 0) is 80.0 Å². The Bertz CT molecular complexity index is 1290. The van der Waals surface area contributed by atoms with Gasteiger partial charge in [-0.2, -0.15) is 0 Å². The quantitative estimate of drug-likeness (QED) is 0.398. The average Bonchev–Trinajstić information content (AvgIpc) is 2.91. The lowest BCUT2D eigenvalue weighted by Crippen LogP contribution is -2.42. The topological polar surface area (TPSA) is 75.7 Å². The molecule has 190 valence electrons. The van der Waals surface area contributed by atoms with E-state index in [2.05, 4.69) is 23.5 Å². The first-order valence-electron chi connectivity index (χ1n) is 12.6. The molecule has 0 spiro atoms. The molecule has 1 aliphatic rings. The van der Waals surface area contributed by atoms with E-state index >= 15 is 0 Å². The Morgan fingerprint density at radius 1 is 0.944 bits per heavy atom. The summed E-state index contributed by atoms with van der Waals surface area (Å²) in [5, 5.41) is 3.08. The minimum absolute atomic E-state index is 0.117. The minimum Gasteiger partial charge on any atom is -0.492 e. The zero-order valence-corrected chi connectivity index (χ0v) is 21.8. The Morgan fingerprint density at radius 2 is 1.64 bits per heavy atom. The van der Waals surface area contributed by atoms with Crippen molar-refractivity contribution in [1.82, 2.24) is 5.32 Å². The summed E-state index contributed by atoms with van der Waals surface area (Å²) in [6.07, 6.45) is 5.26. The summed E-state index contributed by atoms with van der Waals surface area (Å²) in [5.74, 6) is 0.0411. The molecule has 1 N–H and O–H groups in total. The van der Waals surface area contributed by atoms with E-state index in [0.717, 1.165) is 22.7 Å². The predicted octanol–water partition coefficient (Wildman–Crippen LogP) is 5.43. The summed E-state index contributed by atoms with van der Waals surface area (Å²) in [7, 11) is -4.02. The second-order valence-corrected chi connectivity index (χ2v) is 10.9. The molecule has 6 nitrogen and oxygen atoms in total. The van der Waals surface area contributed by atoms with Crippen LogP contribution in [0.2, 0.25) is 0 Å². The number of nitrogens with zero attached hydrogens (tertiary/aromatic N) is 1. The number of benzene rings is 3. The SMILES string of the molecule is CCOc1ccccc1N(CC(=O)NC(CC)c1ccc2c(c1)CCCC2)S(=O)(=O)c1ccccc1. The highest BCUT2D eigenvalue weighted by Crippen LogP contribution is 2.33. The van der Waals surface area contributed by atoms with Gasteiger partial charge in [-0.3, -0.25) is 9.10 Å². The van der Waals surface area contributed by atoms with Crippen LogP contribution >= 0.6 is 0 Å². The number of fused-ring (bicyclic) bond motifs is 1. The minimum atomic E-state index is -4.02. The van der Waals surface area contributed by atoms with Crippen LogP contribution in [0.3, 0.4) is 0 Å². The van der Waals surface area contributed by atoms with Crippen molar-refractivity contribution in [3.63, 3.8) is 0 Å². The van der Waals surface area contributed by atoms with Crippen LogP contribution < -0.4 is 14.4 Å². The summed E-state index contributed by atoms with van der Waals surface area (Å²) >= 11 is 0. The van der Waals surface area contributed by atoms with Gasteiger partial charge in [-0.1, -0.05) is 55.5 Å². The number of sulfonamides is 1. The second kappa shape index (κ2) is 11.6. The van der Waals surface area contributed by atoms with Crippen molar-refractivity contribution in [3.05, 3.63) is 89.5 Å². The molecular formula is C29H34N2O4S. The molecule has 0 fully saturated rings. The number of hydrogen-bond donors (Lipinski definition) is 1. The van der Waals surface area contributed by atoms with E-state index in [-0.39, 0.29) is 23.4 Å². The van der Waals surface area contributed by atoms with Crippen molar-refractivity contribution < 1.29 is 17.9 Å². The van der Waals surface area contributed by atoms with Crippen LogP contribution in [0, 0.1) is 0 Å². The van der Waals surface area contributed by atoms with Gasteiger partial charge in [0, 0.05) is 0 Å². The van der Waals surface area contributed by atoms with Crippen LogP contribution in [0.4, 0.5) is 5.69 Å². The van der Waals surface area contributed by atoms with E-state index in [9.17, 15) is 13.2 Å². The number of carbonyl (C=O) groups excluding carboxylic acids is 1. The first-order chi connectivity index (χ1) is 17.4. The van der Waals surface area contributed by atoms with E-state index in [0.29, 0.717) is 24.5 Å². The molecule has 4 rings (SSSR count). The van der Waals surface area contributed by atoms with Crippen LogP contribution in [0.15, 0.2) is 77.7 Å². The summed E-state index contributed by atoms with van der Waals surface area (Å²) in [6, 6.07) is 21.3. The monoisotopic (exact) mass is 506 g/mol. The molecule has 1 amide bonds. The van der Waals surface area contributed by atoms with Crippen molar-refractivity contribution in [1.29, 1.82) is 0 Å². The van der Waals surface area contributed by atoms with Crippen molar-refractivity contribution in [2.75, 3.05) is 17.5 Å². The Morgan fingerprint density at radius 3 is 2.36 bits per heavy atom. The molecule has 0 aromatic heterocycles. The normalized spacial score (nSPS) is 13.9. The summed E-state index contributed by atoms with van der Waals surface area (Å²) in [5.41, 5.74) is 4.13. The Kier molecular flexibility index (Phi) is 8.31. The molecule has 3 aromatic carbocycles. The first-order valence-corrected chi connectivity index (χ1v) is 14.1. The summed E-state index contributed by atoms with van der Waals surface area (Å²) < 4.78 is 34.3. The molecule has 0 heterocycles. The Labute approximate surface area is 214 Å². The van der Waals surface area contributed by atoms with E-state index < -0.39 is 10.0 Å². The van der Waals surface area contributed by atoms with Crippen molar-refractivity contribution in [2.24, 2.45) is 0 Å². The number of ether oxygens (including phenoxy) is 1. The average molecular weight is 507 g/mol. The van der Waals surface area contributed by atoms with Crippen LogP contribution in [-0.4, -0.2) is 27.5 Å². The van der Waals surface area contributed by atoms with Gasteiger partial charge in [-0.25, -0.2) is 8.42 Å². The molecule has 1 unspecified atom stereocenters. The number of aryl methyl sites for hydroxylation is 2. The molecule has 7 heteroatoms. The highest BCUT2D eigenvalue weighted by atomic mass is 32.2. The molecular weight excluding hydrogens is 472 g/mol. The van der Waals surface area contributed by atoms with E-state index in [1.807, 2.05) is 13.8 Å². The van der Waals surface area contributed by atoms with Crippen molar-refractivity contribution in [3.8, 4) is 5.75 Å². The third-order valence-electron chi connectivity index (χ3n) is 6.57. The van der Waals surface area contributed by atoms with E-state index in [1.165, 1.54) is 36.1 Å². The maximum Gasteiger partial charge on any atom is 0.264 e. The molecule has 3 aromatic rings. The van der Waals surface area contributed by atoms with Gasteiger partial charge in [0.05, 0.1) is 23.2 Å². The molecule has 0 radical (unpaired) electrons. The van der Waals surface area contributed by atoms with Crippen LogP contribution in [0.1, 0.15) is 55.8 Å².